The van der Waals surface area contributed by atoms with Crippen LogP contribution in [0, 0.1) is 0 Å². The largest absolute Gasteiger partial charge is 0.392 e. The molecule has 0 radical (unpaired) electrons. The standard InChI is InChI=1S/C6H12ClNS/c1-2-3-4-5(7)6(8)9/h5H,2-4H2,1H3,(H2,8,9). The smallest absolute Gasteiger partial charge is 0.0908 e. The molecule has 0 saturated heterocycles. The monoisotopic (exact) mass is 165 g/mol. The van der Waals surface area contributed by atoms with E-state index < -0.39 is 0 Å². The van der Waals surface area contributed by atoms with E-state index in [4.69, 9.17) is 17.3 Å². The lowest BCUT2D eigenvalue weighted by Crippen LogP contribution is -2.20. The summed E-state index contributed by atoms with van der Waals surface area (Å²) in [5, 5.41) is -0.0973. The van der Waals surface area contributed by atoms with Crippen LogP contribution in [0.3, 0.4) is 0 Å². The van der Waals surface area contributed by atoms with Crippen molar-refractivity contribution < 1.29 is 0 Å². The molecule has 0 aromatic rings. The number of hydrogen-bond donors (Lipinski definition) is 1. The Morgan fingerprint density at radius 2 is 2.33 bits per heavy atom. The van der Waals surface area contributed by atoms with Gasteiger partial charge in [0.25, 0.3) is 0 Å². The van der Waals surface area contributed by atoms with E-state index in [1.165, 1.54) is 0 Å². The molecule has 0 bridgehead atoms. The lowest BCUT2D eigenvalue weighted by atomic mass is 10.2. The molecule has 0 aliphatic rings. The van der Waals surface area contributed by atoms with E-state index in [1.54, 1.807) is 0 Å². The van der Waals surface area contributed by atoms with Crippen molar-refractivity contribution in [3.63, 3.8) is 0 Å². The average Bonchev–Trinajstić information content (AvgIpc) is 1.82. The number of rotatable bonds is 4. The van der Waals surface area contributed by atoms with Gasteiger partial charge in [0.15, 0.2) is 0 Å². The molecule has 3 heteroatoms. The van der Waals surface area contributed by atoms with Crippen LogP contribution in [0.25, 0.3) is 0 Å². The van der Waals surface area contributed by atoms with E-state index in [-0.39, 0.29) is 5.38 Å². The fraction of sp³-hybridized carbons (Fsp3) is 0.833. The highest BCUT2D eigenvalue weighted by atomic mass is 35.5. The first-order valence-corrected chi connectivity index (χ1v) is 3.96. The Balaban J connectivity index is 3.27. The Kier molecular flexibility index (Phi) is 5.10. The van der Waals surface area contributed by atoms with Crippen LogP contribution in [-0.4, -0.2) is 10.4 Å². The molecule has 0 aromatic heterocycles. The average molecular weight is 166 g/mol. The first-order chi connectivity index (χ1) is 4.18. The Hall–Kier alpha value is 0.180. The SMILES string of the molecule is CCCCC(Cl)C(N)=S. The number of thiocarbonyl (C=S) groups is 1. The van der Waals surface area contributed by atoms with Gasteiger partial charge in [-0.05, 0) is 6.42 Å². The molecule has 0 saturated carbocycles. The molecule has 54 valence electrons. The Morgan fingerprint density at radius 3 is 2.67 bits per heavy atom. The summed E-state index contributed by atoms with van der Waals surface area (Å²) >= 11 is 10.4. The normalized spacial score (nSPS) is 13.1. The zero-order valence-corrected chi connectivity index (χ0v) is 7.13. The fourth-order valence-electron chi connectivity index (χ4n) is 0.526. The minimum absolute atomic E-state index is 0.0973. The van der Waals surface area contributed by atoms with Gasteiger partial charge >= 0.3 is 0 Å². The van der Waals surface area contributed by atoms with Crippen molar-refractivity contribution in [3.8, 4) is 0 Å². The highest BCUT2D eigenvalue weighted by Crippen LogP contribution is 2.06. The Labute approximate surface area is 66.6 Å². The predicted molar refractivity (Wildman–Crippen MR) is 46.0 cm³/mol. The summed E-state index contributed by atoms with van der Waals surface area (Å²) in [5.41, 5.74) is 5.28. The Morgan fingerprint density at radius 1 is 1.78 bits per heavy atom. The highest BCUT2D eigenvalue weighted by molar-refractivity contribution is 7.80. The summed E-state index contributed by atoms with van der Waals surface area (Å²) in [6.07, 6.45) is 3.16. The number of unbranched alkanes of at least 4 members (excludes halogenated alkanes) is 1. The van der Waals surface area contributed by atoms with Crippen LogP contribution >= 0.6 is 23.8 Å². The fourth-order valence-corrected chi connectivity index (χ4v) is 0.798. The molecule has 9 heavy (non-hydrogen) atoms. The van der Waals surface area contributed by atoms with Crippen molar-refractivity contribution in [3.05, 3.63) is 0 Å². The third-order valence-electron chi connectivity index (χ3n) is 1.12. The molecule has 0 heterocycles. The number of alkyl halides is 1. The molecular formula is C6H12ClNS. The molecule has 0 spiro atoms. The van der Waals surface area contributed by atoms with Gasteiger partial charge in [0.05, 0.1) is 10.4 Å². The van der Waals surface area contributed by atoms with Gasteiger partial charge in [0.2, 0.25) is 0 Å². The molecule has 2 N–H and O–H groups in total. The third kappa shape index (κ3) is 4.67. The van der Waals surface area contributed by atoms with Gasteiger partial charge in [0.1, 0.15) is 0 Å². The van der Waals surface area contributed by atoms with Crippen LogP contribution in [0.15, 0.2) is 0 Å². The summed E-state index contributed by atoms with van der Waals surface area (Å²) in [7, 11) is 0. The van der Waals surface area contributed by atoms with Gasteiger partial charge in [-0.15, -0.1) is 11.6 Å². The summed E-state index contributed by atoms with van der Waals surface area (Å²) in [4.78, 5) is 0.421. The van der Waals surface area contributed by atoms with Gasteiger partial charge in [-0.1, -0.05) is 32.0 Å². The second-order valence-corrected chi connectivity index (χ2v) is 3.01. The molecule has 1 nitrogen and oxygen atoms in total. The molecule has 0 rings (SSSR count). The molecule has 0 aliphatic heterocycles. The van der Waals surface area contributed by atoms with Crippen LogP contribution < -0.4 is 5.73 Å². The summed E-state index contributed by atoms with van der Waals surface area (Å²) in [6.45, 7) is 2.11. The lowest BCUT2D eigenvalue weighted by Gasteiger charge is -2.03. The van der Waals surface area contributed by atoms with Crippen LogP contribution in [-0.2, 0) is 0 Å². The topological polar surface area (TPSA) is 26.0 Å². The van der Waals surface area contributed by atoms with E-state index in [0.717, 1.165) is 19.3 Å². The number of hydrogen-bond acceptors (Lipinski definition) is 1. The minimum atomic E-state index is -0.0973. The molecule has 0 amide bonds. The second-order valence-electron chi connectivity index (χ2n) is 2.01. The highest BCUT2D eigenvalue weighted by Gasteiger charge is 2.04. The first kappa shape index (κ1) is 9.18. The van der Waals surface area contributed by atoms with E-state index >= 15 is 0 Å². The third-order valence-corrected chi connectivity index (χ3v) is 1.99. The van der Waals surface area contributed by atoms with Gasteiger partial charge in [0, 0.05) is 0 Å². The van der Waals surface area contributed by atoms with Crippen molar-refractivity contribution in [2.75, 3.05) is 0 Å². The predicted octanol–water partition coefficient (Wildman–Crippen LogP) is 2.07. The van der Waals surface area contributed by atoms with Gasteiger partial charge < -0.3 is 5.73 Å². The molecule has 1 unspecified atom stereocenters. The zero-order valence-electron chi connectivity index (χ0n) is 5.56. The first-order valence-electron chi connectivity index (χ1n) is 3.12. The summed E-state index contributed by atoms with van der Waals surface area (Å²) < 4.78 is 0. The molecule has 0 fully saturated rings. The second kappa shape index (κ2) is 5.00. The van der Waals surface area contributed by atoms with Crippen molar-refractivity contribution in [2.24, 2.45) is 5.73 Å². The van der Waals surface area contributed by atoms with E-state index in [0.29, 0.717) is 4.99 Å². The molecule has 1 atom stereocenters. The maximum atomic E-state index is 5.73. The van der Waals surface area contributed by atoms with Crippen molar-refractivity contribution >= 4 is 28.8 Å². The lowest BCUT2D eigenvalue weighted by molar-refractivity contribution is 0.747. The van der Waals surface area contributed by atoms with Gasteiger partial charge in [-0.3, -0.25) is 0 Å². The van der Waals surface area contributed by atoms with Crippen LogP contribution in [0.2, 0.25) is 0 Å². The van der Waals surface area contributed by atoms with Crippen molar-refractivity contribution in [1.29, 1.82) is 0 Å². The summed E-state index contributed by atoms with van der Waals surface area (Å²) in [5.74, 6) is 0. The number of halogens is 1. The quantitative estimate of drug-likeness (QED) is 0.510. The number of nitrogens with two attached hydrogens (primary N) is 1. The van der Waals surface area contributed by atoms with E-state index in [1.807, 2.05) is 0 Å². The molecular weight excluding hydrogens is 154 g/mol. The van der Waals surface area contributed by atoms with Crippen LogP contribution in [0.1, 0.15) is 26.2 Å². The van der Waals surface area contributed by atoms with Gasteiger partial charge in [-0.25, -0.2) is 0 Å². The maximum absolute atomic E-state index is 5.73. The van der Waals surface area contributed by atoms with Crippen LogP contribution in [0.4, 0.5) is 0 Å². The Bertz CT molecular complexity index is 95.1. The maximum Gasteiger partial charge on any atom is 0.0908 e. The van der Waals surface area contributed by atoms with Crippen molar-refractivity contribution in [2.45, 2.75) is 31.6 Å². The van der Waals surface area contributed by atoms with E-state index in [9.17, 15) is 0 Å². The zero-order chi connectivity index (χ0) is 7.28. The van der Waals surface area contributed by atoms with Crippen molar-refractivity contribution in [1.82, 2.24) is 0 Å². The summed E-state index contributed by atoms with van der Waals surface area (Å²) in [6, 6.07) is 0. The molecule has 0 aliphatic carbocycles. The van der Waals surface area contributed by atoms with Gasteiger partial charge in [-0.2, -0.15) is 0 Å². The minimum Gasteiger partial charge on any atom is -0.392 e. The van der Waals surface area contributed by atoms with E-state index in [2.05, 4.69) is 19.1 Å². The van der Waals surface area contributed by atoms with Crippen LogP contribution in [0.5, 0.6) is 0 Å². The molecule has 0 aromatic carbocycles.